The molecule has 0 fully saturated rings. The van der Waals surface area contributed by atoms with Crippen molar-refractivity contribution in [1.82, 2.24) is 4.57 Å². The summed E-state index contributed by atoms with van der Waals surface area (Å²) in [7, 11) is 0. The number of para-hydroxylation sites is 1. The largest absolute Gasteiger partial charge is 0.324 e. The molecule has 3 rings (SSSR count). The van der Waals surface area contributed by atoms with E-state index in [1.807, 2.05) is 37.3 Å². The Labute approximate surface area is 118 Å². The second kappa shape index (κ2) is 4.86. The van der Waals surface area contributed by atoms with Gasteiger partial charge in [0.05, 0.1) is 11.8 Å². The van der Waals surface area contributed by atoms with Crippen molar-refractivity contribution in [3.8, 4) is 17.3 Å². The van der Waals surface area contributed by atoms with Crippen LogP contribution in [0.25, 0.3) is 22.2 Å². The van der Waals surface area contributed by atoms with Gasteiger partial charge in [-0.15, -0.1) is 0 Å². The van der Waals surface area contributed by atoms with Gasteiger partial charge in [0, 0.05) is 10.9 Å². The van der Waals surface area contributed by atoms with Crippen LogP contribution >= 0.6 is 0 Å². The van der Waals surface area contributed by atoms with E-state index in [-0.39, 0.29) is 6.04 Å². The molecule has 0 aliphatic rings. The minimum absolute atomic E-state index is 0.191. The lowest BCUT2D eigenvalue weighted by atomic mass is 10.1. The Hall–Kier alpha value is -2.53. The molecule has 98 valence electrons. The zero-order chi connectivity index (χ0) is 14.1. The number of nitriles is 1. The number of aromatic nitrogens is 1. The van der Waals surface area contributed by atoms with Crippen LogP contribution in [0.1, 0.15) is 18.5 Å². The van der Waals surface area contributed by atoms with Crippen LogP contribution < -0.4 is 0 Å². The summed E-state index contributed by atoms with van der Waals surface area (Å²) in [4.78, 5) is 0. The normalized spacial score (nSPS) is 12.2. The highest BCUT2D eigenvalue weighted by molar-refractivity contribution is 5.91. The summed E-state index contributed by atoms with van der Waals surface area (Å²) >= 11 is 0. The average molecular weight is 260 g/mol. The molecule has 0 radical (unpaired) electrons. The molecule has 0 saturated heterocycles. The molecular formula is C18H16N2. The third-order valence-corrected chi connectivity index (χ3v) is 3.79. The van der Waals surface area contributed by atoms with Gasteiger partial charge in [0.1, 0.15) is 6.04 Å². The SMILES string of the molecule is Cc1c(-c2ccccc2)n(C(C)C#N)c2ccccc12. The van der Waals surface area contributed by atoms with Crippen molar-refractivity contribution in [2.75, 3.05) is 0 Å². The molecular weight excluding hydrogens is 244 g/mol. The minimum Gasteiger partial charge on any atom is -0.324 e. The van der Waals surface area contributed by atoms with Crippen LogP contribution in [0.4, 0.5) is 0 Å². The summed E-state index contributed by atoms with van der Waals surface area (Å²) in [5.41, 5.74) is 4.65. The van der Waals surface area contributed by atoms with Crippen LogP contribution in [0.5, 0.6) is 0 Å². The van der Waals surface area contributed by atoms with Crippen molar-refractivity contribution >= 4 is 10.9 Å². The molecule has 0 N–H and O–H groups in total. The van der Waals surface area contributed by atoms with Gasteiger partial charge in [0.25, 0.3) is 0 Å². The number of benzene rings is 2. The maximum Gasteiger partial charge on any atom is 0.118 e. The van der Waals surface area contributed by atoms with Gasteiger partial charge in [0.15, 0.2) is 0 Å². The molecule has 3 aromatic rings. The zero-order valence-electron chi connectivity index (χ0n) is 11.7. The molecule has 0 amide bonds. The summed E-state index contributed by atoms with van der Waals surface area (Å²) in [5.74, 6) is 0. The summed E-state index contributed by atoms with van der Waals surface area (Å²) in [5, 5.41) is 10.6. The van der Waals surface area contributed by atoms with Gasteiger partial charge in [-0.25, -0.2) is 0 Å². The van der Waals surface area contributed by atoms with Gasteiger partial charge in [0.2, 0.25) is 0 Å². The first-order valence-electron chi connectivity index (χ1n) is 6.78. The number of aryl methyl sites for hydroxylation is 1. The number of rotatable bonds is 2. The van der Waals surface area contributed by atoms with Crippen LogP contribution in [-0.2, 0) is 0 Å². The summed E-state index contributed by atoms with van der Waals surface area (Å²) in [6.07, 6.45) is 0. The molecule has 0 bridgehead atoms. The molecule has 0 spiro atoms. The predicted octanol–water partition coefficient (Wildman–Crippen LogP) is 4.70. The lowest BCUT2D eigenvalue weighted by Crippen LogP contribution is -2.04. The first-order valence-corrected chi connectivity index (χ1v) is 6.78. The fourth-order valence-electron chi connectivity index (χ4n) is 2.84. The van der Waals surface area contributed by atoms with Crippen molar-refractivity contribution in [3.63, 3.8) is 0 Å². The van der Waals surface area contributed by atoms with E-state index in [1.54, 1.807) is 0 Å². The Balaban J connectivity index is 2.42. The van der Waals surface area contributed by atoms with E-state index in [4.69, 9.17) is 0 Å². The standard InChI is InChI=1S/C18H16N2/c1-13(12-19)20-17-11-7-6-10-16(17)14(2)18(20)15-8-4-3-5-9-15/h3-11,13H,1-2H3. The number of nitrogens with zero attached hydrogens (tertiary/aromatic N) is 2. The second-order valence-electron chi connectivity index (χ2n) is 5.03. The Kier molecular flexibility index (Phi) is 3.04. The third-order valence-electron chi connectivity index (χ3n) is 3.79. The smallest absolute Gasteiger partial charge is 0.118 e. The molecule has 2 aromatic carbocycles. The summed E-state index contributed by atoms with van der Waals surface area (Å²) in [6.45, 7) is 4.07. The molecule has 20 heavy (non-hydrogen) atoms. The van der Waals surface area contributed by atoms with Crippen molar-refractivity contribution < 1.29 is 0 Å². The quantitative estimate of drug-likeness (QED) is 0.656. The predicted molar refractivity (Wildman–Crippen MR) is 82.4 cm³/mol. The van der Waals surface area contributed by atoms with E-state index < -0.39 is 0 Å². The Morgan fingerprint density at radius 1 is 1.00 bits per heavy atom. The highest BCUT2D eigenvalue weighted by Crippen LogP contribution is 2.35. The second-order valence-corrected chi connectivity index (χ2v) is 5.03. The molecule has 2 heteroatoms. The van der Waals surface area contributed by atoms with Crippen LogP contribution in [0.3, 0.4) is 0 Å². The summed E-state index contributed by atoms with van der Waals surface area (Å²) in [6, 6.07) is 20.7. The van der Waals surface area contributed by atoms with Crippen molar-refractivity contribution in [2.24, 2.45) is 0 Å². The molecule has 2 nitrogen and oxygen atoms in total. The fourth-order valence-corrected chi connectivity index (χ4v) is 2.84. The van der Waals surface area contributed by atoms with Crippen molar-refractivity contribution in [2.45, 2.75) is 19.9 Å². The number of hydrogen-bond donors (Lipinski definition) is 0. The highest BCUT2D eigenvalue weighted by atomic mass is 15.0. The van der Waals surface area contributed by atoms with Crippen LogP contribution in [0.2, 0.25) is 0 Å². The fraction of sp³-hybridized carbons (Fsp3) is 0.167. The van der Waals surface area contributed by atoms with Crippen LogP contribution in [0, 0.1) is 18.3 Å². The van der Waals surface area contributed by atoms with Gasteiger partial charge in [-0.05, 0) is 31.0 Å². The number of hydrogen-bond acceptors (Lipinski definition) is 1. The maximum atomic E-state index is 9.36. The molecule has 1 aromatic heterocycles. The first-order chi connectivity index (χ1) is 9.74. The Bertz CT molecular complexity index is 791. The van der Waals surface area contributed by atoms with E-state index >= 15 is 0 Å². The van der Waals surface area contributed by atoms with Crippen molar-refractivity contribution in [1.29, 1.82) is 5.26 Å². The van der Waals surface area contributed by atoms with E-state index in [1.165, 1.54) is 10.9 Å². The third kappa shape index (κ3) is 1.80. The van der Waals surface area contributed by atoms with E-state index in [0.29, 0.717) is 0 Å². The topological polar surface area (TPSA) is 28.7 Å². The van der Waals surface area contributed by atoms with Gasteiger partial charge in [-0.3, -0.25) is 0 Å². The van der Waals surface area contributed by atoms with E-state index in [0.717, 1.165) is 16.8 Å². The monoisotopic (exact) mass is 260 g/mol. The average Bonchev–Trinajstić information content (AvgIpc) is 2.81. The van der Waals surface area contributed by atoms with Gasteiger partial charge in [-0.1, -0.05) is 48.5 Å². The molecule has 0 saturated carbocycles. The van der Waals surface area contributed by atoms with Gasteiger partial charge < -0.3 is 4.57 Å². The first kappa shape index (κ1) is 12.5. The van der Waals surface area contributed by atoms with Gasteiger partial charge in [-0.2, -0.15) is 5.26 Å². The van der Waals surface area contributed by atoms with E-state index in [9.17, 15) is 5.26 Å². The van der Waals surface area contributed by atoms with E-state index in [2.05, 4.69) is 41.8 Å². The van der Waals surface area contributed by atoms with Gasteiger partial charge >= 0.3 is 0 Å². The lowest BCUT2D eigenvalue weighted by molar-refractivity contribution is 0.706. The Morgan fingerprint density at radius 2 is 1.65 bits per heavy atom. The number of fused-ring (bicyclic) bond motifs is 1. The summed E-state index contributed by atoms with van der Waals surface area (Å²) < 4.78 is 2.14. The maximum absolute atomic E-state index is 9.36. The Morgan fingerprint density at radius 3 is 2.35 bits per heavy atom. The molecule has 1 atom stereocenters. The lowest BCUT2D eigenvalue weighted by Gasteiger charge is -2.13. The highest BCUT2D eigenvalue weighted by Gasteiger charge is 2.18. The molecule has 1 heterocycles. The molecule has 1 unspecified atom stereocenters. The zero-order valence-corrected chi connectivity index (χ0v) is 11.7. The van der Waals surface area contributed by atoms with Crippen molar-refractivity contribution in [3.05, 3.63) is 60.2 Å². The minimum atomic E-state index is -0.191. The van der Waals surface area contributed by atoms with Crippen LogP contribution in [0.15, 0.2) is 54.6 Å². The molecule has 0 aliphatic heterocycles. The molecule has 0 aliphatic carbocycles. The van der Waals surface area contributed by atoms with Crippen LogP contribution in [-0.4, -0.2) is 4.57 Å².